The second-order valence-corrected chi connectivity index (χ2v) is 3.69. The lowest BCUT2D eigenvalue weighted by atomic mass is 9.90. The van der Waals surface area contributed by atoms with E-state index in [2.05, 4.69) is 6.58 Å². The second-order valence-electron chi connectivity index (χ2n) is 3.69. The number of halogens is 6. The molecule has 0 aromatic heterocycles. The van der Waals surface area contributed by atoms with E-state index in [0.29, 0.717) is 12.1 Å². The highest BCUT2D eigenvalue weighted by Gasteiger charge is 2.72. The lowest BCUT2D eigenvalue weighted by Crippen LogP contribution is -2.54. The molecule has 0 heterocycles. The number of hydrogen-bond acceptors (Lipinski definition) is 2. The zero-order valence-electron chi connectivity index (χ0n) is 9.18. The molecule has 0 unspecified atom stereocenters. The van der Waals surface area contributed by atoms with Crippen molar-refractivity contribution in [3.05, 3.63) is 35.9 Å². The average Bonchev–Trinajstić information content (AvgIpc) is 2.25. The zero-order valence-corrected chi connectivity index (χ0v) is 9.18. The lowest BCUT2D eigenvalue weighted by molar-refractivity contribution is -0.376. The summed E-state index contributed by atoms with van der Waals surface area (Å²) in [6.07, 6.45) is -11.1. The van der Waals surface area contributed by atoms with Gasteiger partial charge >= 0.3 is 12.4 Å². The summed E-state index contributed by atoms with van der Waals surface area (Å²) in [6, 6.07) is 2.05. The Balaban J connectivity index is 3.65. The summed E-state index contributed by atoms with van der Waals surface area (Å²) in [5.74, 6) is -1.32. The van der Waals surface area contributed by atoms with Crippen molar-refractivity contribution in [2.45, 2.75) is 18.0 Å². The van der Waals surface area contributed by atoms with Crippen LogP contribution in [-0.4, -0.2) is 22.6 Å². The first-order valence-electron chi connectivity index (χ1n) is 4.77. The van der Waals surface area contributed by atoms with Crippen LogP contribution in [0.25, 0.3) is 6.08 Å². The normalized spacial score (nSPS) is 13.4. The summed E-state index contributed by atoms with van der Waals surface area (Å²) in [6.45, 7) is 3.18. The highest BCUT2D eigenvalue weighted by molar-refractivity contribution is 5.53. The standard InChI is InChI=1S/C11H8F6O2/c1-2-6-3-4-8(18)7(5-6)9(19,10(12,13)14)11(15,16)17/h2-5,18-19H,1H2. The Labute approximate surface area is 103 Å². The van der Waals surface area contributed by atoms with Crippen molar-refractivity contribution in [1.29, 1.82) is 0 Å². The van der Waals surface area contributed by atoms with Gasteiger partial charge in [0.2, 0.25) is 0 Å². The maximum absolute atomic E-state index is 12.6. The maximum atomic E-state index is 12.6. The predicted octanol–water partition coefficient (Wildman–Crippen LogP) is 3.35. The van der Waals surface area contributed by atoms with Gasteiger partial charge in [-0.1, -0.05) is 18.7 Å². The van der Waals surface area contributed by atoms with E-state index in [4.69, 9.17) is 5.11 Å². The van der Waals surface area contributed by atoms with Gasteiger partial charge in [0, 0.05) is 5.56 Å². The Hall–Kier alpha value is -1.70. The quantitative estimate of drug-likeness (QED) is 0.818. The van der Waals surface area contributed by atoms with Gasteiger partial charge < -0.3 is 10.2 Å². The molecule has 2 nitrogen and oxygen atoms in total. The van der Waals surface area contributed by atoms with Crippen molar-refractivity contribution in [3.63, 3.8) is 0 Å². The van der Waals surface area contributed by atoms with Crippen LogP contribution >= 0.6 is 0 Å². The molecule has 0 amide bonds. The molecule has 0 spiro atoms. The summed E-state index contributed by atoms with van der Waals surface area (Å²) in [5.41, 5.74) is -6.95. The SMILES string of the molecule is C=Cc1ccc(O)c(C(O)(C(F)(F)F)C(F)(F)F)c1. The van der Waals surface area contributed by atoms with Crippen LogP contribution in [0.15, 0.2) is 24.8 Å². The van der Waals surface area contributed by atoms with Gasteiger partial charge in [0.05, 0.1) is 0 Å². The fraction of sp³-hybridized carbons (Fsp3) is 0.273. The summed E-state index contributed by atoms with van der Waals surface area (Å²) in [7, 11) is 0. The number of aromatic hydroxyl groups is 1. The van der Waals surface area contributed by atoms with Crippen LogP contribution in [0.1, 0.15) is 11.1 Å². The van der Waals surface area contributed by atoms with E-state index in [1.165, 1.54) is 0 Å². The average molecular weight is 286 g/mol. The maximum Gasteiger partial charge on any atom is 0.430 e. The van der Waals surface area contributed by atoms with Crippen molar-refractivity contribution in [1.82, 2.24) is 0 Å². The molecule has 0 aliphatic carbocycles. The molecule has 0 aliphatic rings. The zero-order chi connectivity index (χ0) is 15.1. The van der Waals surface area contributed by atoms with Crippen molar-refractivity contribution < 1.29 is 36.6 Å². The molecular formula is C11H8F6O2. The number of rotatable bonds is 2. The van der Waals surface area contributed by atoms with Crippen LogP contribution in [-0.2, 0) is 5.60 Å². The Morgan fingerprint density at radius 1 is 1.00 bits per heavy atom. The highest BCUT2D eigenvalue weighted by atomic mass is 19.4. The van der Waals surface area contributed by atoms with Crippen LogP contribution in [0.3, 0.4) is 0 Å². The molecule has 0 saturated heterocycles. The van der Waals surface area contributed by atoms with Gasteiger partial charge in [0.1, 0.15) is 5.75 Å². The highest BCUT2D eigenvalue weighted by Crippen LogP contribution is 2.52. The van der Waals surface area contributed by atoms with Gasteiger partial charge in [-0.2, -0.15) is 26.3 Å². The number of benzene rings is 1. The topological polar surface area (TPSA) is 40.5 Å². The molecule has 0 atom stereocenters. The monoisotopic (exact) mass is 286 g/mol. The van der Waals surface area contributed by atoms with Gasteiger partial charge in [0.25, 0.3) is 5.60 Å². The minimum absolute atomic E-state index is 0.111. The van der Waals surface area contributed by atoms with Crippen LogP contribution in [0.5, 0.6) is 5.75 Å². The van der Waals surface area contributed by atoms with Gasteiger partial charge in [-0.05, 0) is 17.7 Å². The molecular weight excluding hydrogens is 278 g/mol. The van der Waals surface area contributed by atoms with Crippen molar-refractivity contribution >= 4 is 6.08 Å². The number of hydrogen-bond donors (Lipinski definition) is 2. The van der Waals surface area contributed by atoms with E-state index >= 15 is 0 Å². The molecule has 19 heavy (non-hydrogen) atoms. The number of alkyl halides is 6. The molecule has 0 saturated carbocycles. The summed E-state index contributed by atoms with van der Waals surface area (Å²) in [4.78, 5) is 0. The van der Waals surface area contributed by atoms with Crippen LogP contribution in [0.4, 0.5) is 26.3 Å². The molecule has 8 heteroatoms. The first-order valence-corrected chi connectivity index (χ1v) is 4.77. The Kier molecular flexibility index (Phi) is 3.59. The van der Waals surface area contributed by atoms with Crippen LogP contribution < -0.4 is 0 Å². The van der Waals surface area contributed by atoms with E-state index in [-0.39, 0.29) is 5.56 Å². The molecule has 0 radical (unpaired) electrons. The number of phenols is 1. The van der Waals surface area contributed by atoms with Crippen LogP contribution in [0.2, 0.25) is 0 Å². The third kappa shape index (κ3) is 2.40. The molecule has 0 fully saturated rings. The Morgan fingerprint density at radius 2 is 1.47 bits per heavy atom. The van der Waals surface area contributed by atoms with Crippen molar-refractivity contribution in [2.24, 2.45) is 0 Å². The summed E-state index contributed by atoms with van der Waals surface area (Å²) < 4.78 is 75.6. The Morgan fingerprint density at radius 3 is 1.84 bits per heavy atom. The van der Waals surface area contributed by atoms with Gasteiger partial charge in [-0.3, -0.25) is 0 Å². The van der Waals surface area contributed by atoms with E-state index in [1.807, 2.05) is 0 Å². The fourth-order valence-corrected chi connectivity index (χ4v) is 1.44. The number of phenolic OH excluding ortho intramolecular Hbond substituents is 1. The first-order chi connectivity index (χ1) is 8.45. The molecule has 0 aliphatic heterocycles. The molecule has 1 aromatic carbocycles. The molecule has 2 N–H and O–H groups in total. The van der Waals surface area contributed by atoms with E-state index in [9.17, 15) is 31.4 Å². The fourth-order valence-electron chi connectivity index (χ4n) is 1.44. The van der Waals surface area contributed by atoms with Crippen LogP contribution in [0, 0.1) is 0 Å². The molecule has 0 bridgehead atoms. The predicted molar refractivity (Wildman–Crippen MR) is 54.2 cm³/mol. The largest absolute Gasteiger partial charge is 0.508 e. The molecule has 1 rings (SSSR count). The van der Waals surface area contributed by atoms with E-state index in [0.717, 1.165) is 12.1 Å². The second kappa shape index (κ2) is 4.44. The smallest absolute Gasteiger partial charge is 0.430 e. The van der Waals surface area contributed by atoms with Crippen molar-refractivity contribution in [2.75, 3.05) is 0 Å². The van der Waals surface area contributed by atoms with Gasteiger partial charge in [-0.15, -0.1) is 0 Å². The Bertz CT molecular complexity index is 475. The lowest BCUT2D eigenvalue weighted by Gasteiger charge is -2.33. The van der Waals surface area contributed by atoms with E-state index < -0.39 is 29.3 Å². The van der Waals surface area contributed by atoms with E-state index in [1.54, 1.807) is 0 Å². The van der Waals surface area contributed by atoms with Gasteiger partial charge in [0.15, 0.2) is 0 Å². The molecule has 106 valence electrons. The summed E-state index contributed by atoms with van der Waals surface area (Å²) >= 11 is 0. The first kappa shape index (κ1) is 15.4. The minimum Gasteiger partial charge on any atom is -0.508 e. The van der Waals surface area contributed by atoms with Crippen molar-refractivity contribution in [3.8, 4) is 5.75 Å². The molecule has 1 aromatic rings. The number of aliphatic hydroxyl groups is 1. The third-order valence-electron chi connectivity index (χ3n) is 2.47. The van der Waals surface area contributed by atoms with Gasteiger partial charge in [-0.25, -0.2) is 0 Å². The third-order valence-corrected chi connectivity index (χ3v) is 2.47. The minimum atomic E-state index is -6.04. The summed E-state index contributed by atoms with van der Waals surface area (Å²) in [5, 5.41) is 18.3.